The Morgan fingerprint density at radius 1 is 1.05 bits per heavy atom. The number of para-hydroxylation sites is 1. The molecule has 0 saturated carbocycles. The van der Waals surface area contributed by atoms with Crippen LogP contribution < -0.4 is 5.32 Å². The van der Waals surface area contributed by atoms with E-state index in [1.165, 1.54) is 0 Å². The van der Waals surface area contributed by atoms with Crippen LogP contribution in [0.2, 0.25) is 10.0 Å². The normalized spacial score (nSPS) is 10.9. The summed E-state index contributed by atoms with van der Waals surface area (Å²) in [4.78, 5) is 26.1. The zero-order valence-corrected chi connectivity index (χ0v) is 14.8. The maximum absolute atomic E-state index is 12.4. The minimum atomic E-state index is -0.726. The summed E-state index contributed by atoms with van der Waals surface area (Å²) in [5.74, 6) is -0.742. The maximum atomic E-state index is 12.4. The van der Waals surface area contributed by atoms with Crippen molar-refractivity contribution in [2.45, 2.75) is 27.7 Å². The third-order valence-corrected chi connectivity index (χ3v) is 3.48. The number of amides is 2. The number of carbonyl (C=O) groups is 2. The summed E-state index contributed by atoms with van der Waals surface area (Å²) in [6.45, 7) is 9.07. The predicted octanol–water partition coefficient (Wildman–Crippen LogP) is 4.07. The van der Waals surface area contributed by atoms with Crippen LogP contribution in [0, 0.1) is 11.8 Å². The van der Waals surface area contributed by atoms with Crippen LogP contribution in [0.5, 0.6) is 0 Å². The molecule has 1 aromatic carbocycles. The Morgan fingerprint density at radius 2 is 1.50 bits per heavy atom. The summed E-state index contributed by atoms with van der Waals surface area (Å²) in [6, 6.07) is 4.88. The molecule has 0 atom stereocenters. The highest BCUT2D eigenvalue weighted by Gasteiger charge is 2.24. The van der Waals surface area contributed by atoms with Crippen LogP contribution in [0.3, 0.4) is 0 Å². The van der Waals surface area contributed by atoms with Gasteiger partial charge in [-0.2, -0.15) is 0 Å². The number of halogens is 2. The Hall–Kier alpha value is -1.26. The predicted molar refractivity (Wildman–Crippen MR) is 91.3 cm³/mol. The largest absolute Gasteiger partial charge is 0.334 e. The van der Waals surface area contributed by atoms with E-state index >= 15 is 0 Å². The average molecular weight is 345 g/mol. The zero-order valence-electron chi connectivity index (χ0n) is 13.3. The van der Waals surface area contributed by atoms with Crippen molar-refractivity contribution in [3.8, 4) is 0 Å². The minimum absolute atomic E-state index is 0.262. The number of hydrogen-bond donors (Lipinski definition) is 1. The van der Waals surface area contributed by atoms with Crippen molar-refractivity contribution >= 4 is 40.7 Å². The number of benzene rings is 1. The maximum Gasteiger partial charge on any atom is 0.313 e. The van der Waals surface area contributed by atoms with E-state index in [0.29, 0.717) is 23.1 Å². The summed E-state index contributed by atoms with van der Waals surface area (Å²) in [6.07, 6.45) is 0. The molecule has 0 aromatic heterocycles. The smallest absolute Gasteiger partial charge is 0.313 e. The molecule has 0 unspecified atom stereocenters. The van der Waals surface area contributed by atoms with Gasteiger partial charge < -0.3 is 10.2 Å². The molecule has 0 fully saturated rings. The first kappa shape index (κ1) is 18.8. The van der Waals surface area contributed by atoms with Crippen molar-refractivity contribution < 1.29 is 9.59 Å². The molecule has 1 N–H and O–H groups in total. The van der Waals surface area contributed by atoms with Gasteiger partial charge in [0.25, 0.3) is 0 Å². The highest BCUT2D eigenvalue weighted by atomic mass is 35.5. The molecular weight excluding hydrogens is 323 g/mol. The van der Waals surface area contributed by atoms with Gasteiger partial charge in [-0.25, -0.2) is 0 Å². The Kier molecular flexibility index (Phi) is 7.17. The molecule has 0 aliphatic carbocycles. The first-order chi connectivity index (χ1) is 10.2. The van der Waals surface area contributed by atoms with Crippen molar-refractivity contribution in [2.24, 2.45) is 11.8 Å². The molecule has 122 valence electrons. The Morgan fingerprint density at radius 3 is 1.91 bits per heavy atom. The average Bonchev–Trinajstić information content (AvgIpc) is 2.40. The molecule has 4 nitrogen and oxygen atoms in total. The lowest BCUT2D eigenvalue weighted by Crippen LogP contribution is -2.43. The lowest BCUT2D eigenvalue weighted by atomic mass is 10.1. The third-order valence-electron chi connectivity index (χ3n) is 2.85. The molecule has 6 heteroatoms. The van der Waals surface area contributed by atoms with Crippen LogP contribution in [0.15, 0.2) is 18.2 Å². The fraction of sp³-hybridized carbons (Fsp3) is 0.500. The van der Waals surface area contributed by atoms with Gasteiger partial charge in [0.2, 0.25) is 0 Å². The van der Waals surface area contributed by atoms with Gasteiger partial charge in [-0.05, 0) is 24.0 Å². The van der Waals surface area contributed by atoms with E-state index in [0.717, 1.165) is 0 Å². The van der Waals surface area contributed by atoms with Crippen molar-refractivity contribution in [1.82, 2.24) is 4.90 Å². The summed E-state index contributed by atoms with van der Waals surface area (Å²) in [5, 5.41) is 3.11. The number of anilines is 1. The summed E-state index contributed by atoms with van der Waals surface area (Å²) >= 11 is 12.0. The Balaban J connectivity index is 2.87. The molecule has 1 aromatic rings. The van der Waals surface area contributed by atoms with Crippen LogP contribution in [-0.2, 0) is 9.59 Å². The van der Waals surface area contributed by atoms with E-state index in [4.69, 9.17) is 23.2 Å². The number of hydrogen-bond acceptors (Lipinski definition) is 2. The SMILES string of the molecule is CC(C)CN(CC(C)C)C(=O)C(=O)Nc1c(Cl)cccc1Cl. The lowest BCUT2D eigenvalue weighted by Gasteiger charge is -2.25. The summed E-state index contributed by atoms with van der Waals surface area (Å²) < 4.78 is 0. The second kappa shape index (κ2) is 8.39. The first-order valence-corrected chi connectivity index (χ1v) is 8.02. The molecular formula is C16H22Cl2N2O2. The van der Waals surface area contributed by atoms with Gasteiger partial charge in [0.1, 0.15) is 0 Å². The summed E-state index contributed by atoms with van der Waals surface area (Å²) in [7, 11) is 0. The van der Waals surface area contributed by atoms with E-state index in [1.807, 2.05) is 27.7 Å². The van der Waals surface area contributed by atoms with Gasteiger partial charge in [-0.1, -0.05) is 57.0 Å². The molecule has 0 aliphatic rings. The van der Waals surface area contributed by atoms with E-state index in [1.54, 1.807) is 23.1 Å². The van der Waals surface area contributed by atoms with Crippen LogP contribution in [0.4, 0.5) is 5.69 Å². The molecule has 22 heavy (non-hydrogen) atoms. The van der Waals surface area contributed by atoms with Gasteiger partial charge in [-0.3, -0.25) is 9.59 Å². The Labute approximate surface area is 141 Å². The first-order valence-electron chi connectivity index (χ1n) is 7.26. The standard InChI is InChI=1S/C16H22Cl2N2O2/c1-10(2)8-20(9-11(3)4)16(22)15(21)19-14-12(17)6-5-7-13(14)18/h5-7,10-11H,8-9H2,1-4H3,(H,19,21). The number of nitrogens with zero attached hydrogens (tertiary/aromatic N) is 1. The highest BCUT2D eigenvalue weighted by Crippen LogP contribution is 2.29. The number of nitrogens with one attached hydrogen (secondary N) is 1. The quantitative estimate of drug-likeness (QED) is 0.818. The monoisotopic (exact) mass is 344 g/mol. The van der Waals surface area contributed by atoms with Crippen molar-refractivity contribution in [3.63, 3.8) is 0 Å². The fourth-order valence-corrected chi connectivity index (χ4v) is 2.54. The van der Waals surface area contributed by atoms with E-state index in [-0.39, 0.29) is 17.5 Å². The van der Waals surface area contributed by atoms with Gasteiger partial charge in [0.15, 0.2) is 0 Å². The van der Waals surface area contributed by atoms with Crippen molar-refractivity contribution in [2.75, 3.05) is 18.4 Å². The van der Waals surface area contributed by atoms with Crippen LogP contribution in [0.1, 0.15) is 27.7 Å². The zero-order chi connectivity index (χ0) is 16.9. The minimum Gasteiger partial charge on any atom is -0.334 e. The molecule has 0 aliphatic heterocycles. The molecule has 0 saturated heterocycles. The van der Waals surface area contributed by atoms with Crippen molar-refractivity contribution in [1.29, 1.82) is 0 Å². The van der Waals surface area contributed by atoms with E-state index < -0.39 is 11.8 Å². The summed E-state index contributed by atoms with van der Waals surface area (Å²) in [5.41, 5.74) is 0.262. The molecule has 0 bridgehead atoms. The second-order valence-corrected chi connectivity index (χ2v) is 6.86. The topological polar surface area (TPSA) is 49.4 Å². The molecule has 2 amide bonds. The third kappa shape index (κ3) is 5.50. The highest BCUT2D eigenvalue weighted by molar-refractivity contribution is 6.44. The van der Waals surface area contributed by atoms with E-state index in [2.05, 4.69) is 5.32 Å². The molecule has 0 heterocycles. The van der Waals surface area contributed by atoms with Crippen molar-refractivity contribution in [3.05, 3.63) is 28.2 Å². The lowest BCUT2D eigenvalue weighted by molar-refractivity contribution is -0.143. The van der Waals surface area contributed by atoms with E-state index in [9.17, 15) is 9.59 Å². The molecule has 0 spiro atoms. The van der Waals surface area contributed by atoms with Gasteiger partial charge in [0, 0.05) is 13.1 Å². The van der Waals surface area contributed by atoms with Crippen LogP contribution in [-0.4, -0.2) is 29.8 Å². The molecule has 1 rings (SSSR count). The van der Waals surface area contributed by atoms with Crippen LogP contribution in [0.25, 0.3) is 0 Å². The number of rotatable bonds is 5. The second-order valence-electron chi connectivity index (χ2n) is 6.05. The molecule has 0 radical (unpaired) electrons. The number of carbonyl (C=O) groups excluding carboxylic acids is 2. The van der Waals surface area contributed by atoms with Gasteiger partial charge in [0.05, 0.1) is 15.7 Å². The van der Waals surface area contributed by atoms with Gasteiger partial charge in [-0.15, -0.1) is 0 Å². The fourth-order valence-electron chi connectivity index (χ4n) is 2.05. The Bertz CT molecular complexity index is 515. The van der Waals surface area contributed by atoms with Crippen LogP contribution >= 0.6 is 23.2 Å². The van der Waals surface area contributed by atoms with Gasteiger partial charge >= 0.3 is 11.8 Å².